The smallest absolute Gasteiger partial charge is 0.430 e. The monoisotopic (exact) mass is 221 g/mol. The summed E-state index contributed by atoms with van der Waals surface area (Å²) in [7, 11) is 0. The van der Waals surface area contributed by atoms with Crippen molar-refractivity contribution in [2.24, 2.45) is 10.2 Å². The lowest BCUT2D eigenvalue weighted by Gasteiger charge is -2.01. The van der Waals surface area contributed by atoms with Crippen LogP contribution in [-0.4, -0.2) is 30.5 Å². The molecule has 0 aliphatic carbocycles. The highest BCUT2D eigenvalue weighted by Crippen LogP contribution is 2.15. The van der Waals surface area contributed by atoms with Crippen molar-refractivity contribution in [1.82, 2.24) is 5.01 Å². The molecule has 0 atom stereocenters. The van der Waals surface area contributed by atoms with Gasteiger partial charge in [-0.15, -0.1) is 0 Å². The molecular formula is C8H7N5O3. The molecule has 2 heterocycles. The number of carbonyl (C=O) groups excluding carboxylic acids is 1. The summed E-state index contributed by atoms with van der Waals surface area (Å²) in [6, 6.07) is 3.08. The predicted molar refractivity (Wildman–Crippen MR) is 53.2 cm³/mol. The molecule has 16 heavy (non-hydrogen) atoms. The van der Waals surface area contributed by atoms with E-state index in [1.165, 1.54) is 17.3 Å². The second kappa shape index (κ2) is 4.37. The fraction of sp³-hybridized carbons (Fsp3) is 0.250. The first-order valence-electron chi connectivity index (χ1n) is 4.43. The Balaban J connectivity index is 2.05. The van der Waals surface area contributed by atoms with E-state index >= 15 is 0 Å². The van der Waals surface area contributed by atoms with Crippen LogP contribution in [0.2, 0.25) is 0 Å². The molecule has 0 aromatic carbocycles. The van der Waals surface area contributed by atoms with Crippen molar-refractivity contribution in [2.45, 2.75) is 0 Å². The molecule has 82 valence electrons. The van der Waals surface area contributed by atoms with E-state index in [0.717, 1.165) is 0 Å². The Labute approximate surface area is 89.7 Å². The molecule has 1 aromatic heterocycles. The molecule has 1 aliphatic rings. The van der Waals surface area contributed by atoms with Crippen LogP contribution in [0.3, 0.4) is 0 Å². The molecule has 8 nitrogen and oxygen atoms in total. The third-order valence-electron chi connectivity index (χ3n) is 1.82. The van der Waals surface area contributed by atoms with Gasteiger partial charge < -0.3 is 9.15 Å². The Bertz CT molecular complexity index is 474. The standard InChI is InChI=1S/C8H7N5O3/c9-12-11-7-2-1-6(16-7)5-10-13-3-4-15-8(13)14/h1-2,5H,3-4H2/b10-5-. The van der Waals surface area contributed by atoms with Gasteiger partial charge in [0.1, 0.15) is 12.4 Å². The average molecular weight is 221 g/mol. The lowest BCUT2D eigenvalue weighted by molar-refractivity contribution is 0.159. The number of cyclic esters (lactones) is 1. The third kappa shape index (κ3) is 2.12. The van der Waals surface area contributed by atoms with Crippen molar-refractivity contribution < 1.29 is 13.9 Å². The van der Waals surface area contributed by atoms with Crippen molar-refractivity contribution in [1.29, 1.82) is 0 Å². The summed E-state index contributed by atoms with van der Waals surface area (Å²) in [6.07, 6.45) is 0.862. The SMILES string of the molecule is [N-]=[N+]=Nc1ccc(/C=N\N2CCOC2=O)o1. The van der Waals surface area contributed by atoms with E-state index in [4.69, 9.17) is 9.95 Å². The topological polar surface area (TPSA) is 104 Å². The molecule has 0 unspecified atom stereocenters. The number of ether oxygens (including phenoxy) is 1. The van der Waals surface area contributed by atoms with Crippen molar-refractivity contribution in [3.63, 3.8) is 0 Å². The number of carbonyl (C=O) groups is 1. The molecular weight excluding hydrogens is 214 g/mol. The van der Waals surface area contributed by atoms with Crippen LogP contribution in [0.1, 0.15) is 5.76 Å². The van der Waals surface area contributed by atoms with Gasteiger partial charge in [0.05, 0.1) is 12.8 Å². The minimum atomic E-state index is -0.488. The molecule has 0 saturated carbocycles. The molecule has 0 radical (unpaired) electrons. The Hall–Kier alpha value is -2.47. The molecule has 1 amide bonds. The van der Waals surface area contributed by atoms with Crippen LogP contribution in [0, 0.1) is 0 Å². The molecule has 1 saturated heterocycles. The van der Waals surface area contributed by atoms with E-state index in [9.17, 15) is 4.79 Å². The van der Waals surface area contributed by atoms with E-state index in [1.54, 1.807) is 6.07 Å². The van der Waals surface area contributed by atoms with E-state index < -0.39 is 6.09 Å². The second-order valence-electron chi connectivity index (χ2n) is 2.85. The van der Waals surface area contributed by atoms with Gasteiger partial charge in [0.2, 0.25) is 0 Å². The van der Waals surface area contributed by atoms with Gasteiger partial charge in [0.25, 0.3) is 0 Å². The predicted octanol–water partition coefficient (Wildman–Crippen LogP) is 2.01. The molecule has 0 N–H and O–H groups in total. The normalized spacial score (nSPS) is 15.2. The number of hydrogen-bond donors (Lipinski definition) is 0. The summed E-state index contributed by atoms with van der Waals surface area (Å²) < 4.78 is 9.74. The molecule has 8 heteroatoms. The Kier molecular flexibility index (Phi) is 2.75. The highest BCUT2D eigenvalue weighted by Gasteiger charge is 2.20. The van der Waals surface area contributed by atoms with Crippen LogP contribution in [0.5, 0.6) is 0 Å². The lowest BCUT2D eigenvalue weighted by atomic mass is 10.5. The Morgan fingerprint density at radius 1 is 1.56 bits per heavy atom. The number of azide groups is 1. The fourth-order valence-corrected chi connectivity index (χ4v) is 1.13. The maximum absolute atomic E-state index is 11.0. The Morgan fingerprint density at radius 2 is 2.44 bits per heavy atom. The van der Waals surface area contributed by atoms with E-state index in [2.05, 4.69) is 19.9 Å². The summed E-state index contributed by atoms with van der Waals surface area (Å²) in [4.78, 5) is 13.6. The first-order valence-corrected chi connectivity index (χ1v) is 4.43. The van der Waals surface area contributed by atoms with Crippen molar-refractivity contribution in [2.75, 3.05) is 13.2 Å². The zero-order chi connectivity index (χ0) is 11.4. The van der Waals surface area contributed by atoms with Gasteiger partial charge in [-0.1, -0.05) is 0 Å². The van der Waals surface area contributed by atoms with Crippen LogP contribution in [-0.2, 0) is 4.74 Å². The van der Waals surface area contributed by atoms with Gasteiger partial charge in [-0.05, 0) is 22.8 Å². The zero-order valence-electron chi connectivity index (χ0n) is 8.11. The Morgan fingerprint density at radius 3 is 3.12 bits per heavy atom. The number of hydrogen-bond acceptors (Lipinski definition) is 5. The molecule has 1 fully saturated rings. The van der Waals surface area contributed by atoms with E-state index in [-0.39, 0.29) is 5.88 Å². The maximum Gasteiger partial charge on any atom is 0.430 e. The summed E-state index contributed by atoms with van der Waals surface area (Å²) in [5, 5.41) is 8.30. The van der Waals surface area contributed by atoms with Crippen LogP contribution in [0.25, 0.3) is 10.4 Å². The first-order chi connectivity index (χ1) is 7.79. The van der Waals surface area contributed by atoms with Gasteiger partial charge in [-0.3, -0.25) is 0 Å². The number of amides is 1. The third-order valence-corrected chi connectivity index (χ3v) is 1.82. The number of rotatable bonds is 3. The average Bonchev–Trinajstić information content (AvgIpc) is 2.86. The molecule has 0 spiro atoms. The number of furan rings is 1. The summed E-state index contributed by atoms with van der Waals surface area (Å²) >= 11 is 0. The number of nitrogens with zero attached hydrogens (tertiary/aromatic N) is 5. The second-order valence-corrected chi connectivity index (χ2v) is 2.85. The largest absolute Gasteiger partial charge is 0.453 e. The summed E-state index contributed by atoms with van der Waals surface area (Å²) in [6.45, 7) is 0.748. The van der Waals surface area contributed by atoms with E-state index in [1.807, 2.05) is 0 Å². The highest BCUT2D eigenvalue weighted by atomic mass is 16.6. The van der Waals surface area contributed by atoms with Gasteiger partial charge in [-0.25, -0.2) is 4.79 Å². The van der Waals surface area contributed by atoms with Crippen LogP contribution >= 0.6 is 0 Å². The molecule has 1 aromatic rings. The van der Waals surface area contributed by atoms with E-state index in [0.29, 0.717) is 18.9 Å². The maximum atomic E-state index is 11.0. The van der Waals surface area contributed by atoms with Crippen molar-refractivity contribution in [3.8, 4) is 0 Å². The number of hydrazone groups is 1. The van der Waals surface area contributed by atoms with Crippen LogP contribution in [0.4, 0.5) is 10.7 Å². The molecule has 1 aliphatic heterocycles. The summed E-state index contributed by atoms with van der Waals surface area (Å²) in [5.74, 6) is 0.537. The van der Waals surface area contributed by atoms with Gasteiger partial charge in [-0.2, -0.15) is 10.1 Å². The lowest BCUT2D eigenvalue weighted by Crippen LogP contribution is -2.17. The first kappa shape index (κ1) is 10.1. The van der Waals surface area contributed by atoms with Gasteiger partial charge >= 0.3 is 6.09 Å². The highest BCUT2D eigenvalue weighted by molar-refractivity contribution is 5.78. The van der Waals surface area contributed by atoms with Gasteiger partial charge in [0, 0.05) is 4.91 Å². The van der Waals surface area contributed by atoms with Crippen LogP contribution in [0.15, 0.2) is 26.8 Å². The van der Waals surface area contributed by atoms with Crippen molar-refractivity contribution >= 4 is 18.2 Å². The molecule has 0 bridgehead atoms. The molecule has 2 rings (SSSR count). The fourth-order valence-electron chi connectivity index (χ4n) is 1.13. The zero-order valence-corrected chi connectivity index (χ0v) is 8.11. The quantitative estimate of drug-likeness (QED) is 0.337. The minimum Gasteiger partial charge on any atom is -0.453 e. The summed E-state index contributed by atoms with van der Waals surface area (Å²) in [5.41, 5.74) is 8.16. The van der Waals surface area contributed by atoms with Crippen molar-refractivity contribution in [3.05, 3.63) is 28.3 Å². The van der Waals surface area contributed by atoms with Crippen LogP contribution < -0.4 is 0 Å². The van der Waals surface area contributed by atoms with Gasteiger partial charge in [0.15, 0.2) is 5.88 Å². The minimum absolute atomic E-state index is 0.146.